The monoisotopic (exact) mass is 419 g/mol. The maximum Gasteiger partial charge on any atom is 0.297 e. The third-order valence-electron chi connectivity index (χ3n) is 5.42. The molecule has 1 N–H and O–H groups in total. The maximum atomic E-state index is 12.8. The molecule has 0 bridgehead atoms. The molecule has 2 heterocycles. The average Bonchev–Trinajstić information content (AvgIpc) is 3.39. The molecule has 0 atom stereocenters. The molecule has 6 nitrogen and oxygen atoms in total. The first-order valence-electron chi connectivity index (χ1n) is 10.1. The number of para-hydroxylation sites is 2. The van der Waals surface area contributed by atoms with Crippen LogP contribution < -0.4 is 10.9 Å². The van der Waals surface area contributed by atoms with Gasteiger partial charge in [0.15, 0.2) is 0 Å². The number of nitrogens with one attached hydrogen (secondary N) is 1. The lowest BCUT2D eigenvalue weighted by Gasteiger charge is -2.14. The summed E-state index contributed by atoms with van der Waals surface area (Å²) in [5.74, 6) is -0.270. The molecule has 4 aromatic rings. The summed E-state index contributed by atoms with van der Waals surface area (Å²) in [5.41, 5.74) is 1.72. The van der Waals surface area contributed by atoms with Crippen molar-refractivity contribution in [2.75, 3.05) is 5.32 Å². The SMILES string of the molecule is O=C(Cn1cnc2c(oc3ccccc32)c1=O)Nc1ccccc1SC1CCCC1. The number of anilines is 1. The zero-order valence-electron chi connectivity index (χ0n) is 16.3. The average molecular weight is 420 g/mol. The van der Waals surface area contributed by atoms with Crippen molar-refractivity contribution in [3.05, 3.63) is 65.2 Å². The second kappa shape index (κ2) is 7.99. The molecule has 2 aromatic carbocycles. The van der Waals surface area contributed by atoms with Gasteiger partial charge < -0.3 is 9.73 Å². The largest absolute Gasteiger partial charge is 0.448 e. The van der Waals surface area contributed by atoms with Crippen molar-refractivity contribution in [3.63, 3.8) is 0 Å². The predicted molar refractivity (Wildman–Crippen MR) is 119 cm³/mol. The highest BCUT2D eigenvalue weighted by molar-refractivity contribution is 8.00. The van der Waals surface area contributed by atoms with Gasteiger partial charge in [0, 0.05) is 15.5 Å². The lowest BCUT2D eigenvalue weighted by atomic mass is 10.2. The van der Waals surface area contributed by atoms with Crippen molar-refractivity contribution in [1.29, 1.82) is 0 Å². The van der Waals surface area contributed by atoms with E-state index in [4.69, 9.17) is 4.42 Å². The lowest BCUT2D eigenvalue weighted by molar-refractivity contribution is -0.116. The topological polar surface area (TPSA) is 77.1 Å². The van der Waals surface area contributed by atoms with Crippen LogP contribution in [0.25, 0.3) is 22.1 Å². The summed E-state index contributed by atoms with van der Waals surface area (Å²) in [6.07, 6.45) is 6.38. The van der Waals surface area contributed by atoms with Gasteiger partial charge in [0.2, 0.25) is 11.5 Å². The van der Waals surface area contributed by atoms with Crippen LogP contribution in [-0.2, 0) is 11.3 Å². The molecule has 5 rings (SSSR count). The van der Waals surface area contributed by atoms with E-state index in [0.717, 1.165) is 16.0 Å². The zero-order valence-corrected chi connectivity index (χ0v) is 17.2. The summed E-state index contributed by atoms with van der Waals surface area (Å²) < 4.78 is 6.97. The zero-order chi connectivity index (χ0) is 20.5. The molecule has 1 aliphatic rings. The number of carbonyl (C=O) groups excluding carboxylic acids is 1. The minimum Gasteiger partial charge on any atom is -0.448 e. The fraction of sp³-hybridized carbons (Fsp3) is 0.261. The first kappa shape index (κ1) is 18.9. The predicted octanol–water partition coefficient (Wildman–Crippen LogP) is 4.82. The van der Waals surface area contributed by atoms with Gasteiger partial charge >= 0.3 is 0 Å². The molecule has 1 fully saturated rings. The lowest BCUT2D eigenvalue weighted by Crippen LogP contribution is -2.27. The first-order chi connectivity index (χ1) is 14.7. The van der Waals surface area contributed by atoms with Crippen molar-refractivity contribution >= 4 is 45.4 Å². The Bertz CT molecular complexity index is 1290. The maximum absolute atomic E-state index is 12.8. The Kier molecular flexibility index (Phi) is 5.04. The van der Waals surface area contributed by atoms with Crippen LogP contribution in [0.5, 0.6) is 0 Å². The number of aromatic nitrogens is 2. The molecular weight excluding hydrogens is 398 g/mol. The van der Waals surface area contributed by atoms with Crippen molar-refractivity contribution < 1.29 is 9.21 Å². The van der Waals surface area contributed by atoms with E-state index in [1.165, 1.54) is 36.6 Å². The van der Waals surface area contributed by atoms with Crippen LogP contribution in [0.2, 0.25) is 0 Å². The van der Waals surface area contributed by atoms with Crippen molar-refractivity contribution in [2.24, 2.45) is 0 Å². The number of benzene rings is 2. The second-order valence-electron chi connectivity index (χ2n) is 7.52. The molecule has 152 valence electrons. The van der Waals surface area contributed by atoms with E-state index in [0.29, 0.717) is 16.3 Å². The number of hydrogen-bond acceptors (Lipinski definition) is 5. The number of thioether (sulfide) groups is 1. The van der Waals surface area contributed by atoms with E-state index in [2.05, 4.69) is 10.3 Å². The van der Waals surface area contributed by atoms with E-state index in [1.807, 2.05) is 54.2 Å². The number of furan rings is 1. The fourth-order valence-corrected chi connectivity index (χ4v) is 5.26. The molecule has 0 radical (unpaired) electrons. The van der Waals surface area contributed by atoms with Gasteiger partial charge in [-0.1, -0.05) is 37.1 Å². The van der Waals surface area contributed by atoms with Gasteiger partial charge in [-0.05, 0) is 37.1 Å². The second-order valence-corrected chi connectivity index (χ2v) is 8.86. The number of hydrogen-bond donors (Lipinski definition) is 1. The van der Waals surface area contributed by atoms with E-state index in [9.17, 15) is 9.59 Å². The summed E-state index contributed by atoms with van der Waals surface area (Å²) in [4.78, 5) is 30.9. The highest BCUT2D eigenvalue weighted by atomic mass is 32.2. The minimum absolute atomic E-state index is 0.124. The van der Waals surface area contributed by atoms with Gasteiger partial charge in [0.25, 0.3) is 5.56 Å². The molecular formula is C23H21N3O3S. The number of carbonyl (C=O) groups is 1. The minimum atomic E-state index is -0.361. The van der Waals surface area contributed by atoms with E-state index in [-0.39, 0.29) is 23.6 Å². The number of rotatable bonds is 5. The van der Waals surface area contributed by atoms with E-state index < -0.39 is 0 Å². The van der Waals surface area contributed by atoms with Gasteiger partial charge in [0.05, 0.1) is 12.0 Å². The Balaban J connectivity index is 1.37. The van der Waals surface area contributed by atoms with Gasteiger partial charge in [0.1, 0.15) is 17.6 Å². The summed E-state index contributed by atoms with van der Waals surface area (Å²) in [6.45, 7) is -0.124. The molecule has 7 heteroatoms. The normalized spacial score (nSPS) is 14.5. The standard InChI is InChI=1S/C23H21N3O3S/c27-20(25-17-10-4-6-12-19(17)30-15-7-1-2-8-15)13-26-14-24-21-16-9-3-5-11-18(16)29-22(21)23(26)28/h3-6,9-12,14-15H,1-2,7-8,13H2,(H,25,27). The smallest absolute Gasteiger partial charge is 0.297 e. The van der Waals surface area contributed by atoms with Crippen LogP contribution in [0.15, 0.2) is 69.0 Å². The van der Waals surface area contributed by atoms with Gasteiger partial charge in [-0.15, -0.1) is 11.8 Å². The Morgan fingerprint density at radius 1 is 1.13 bits per heavy atom. The Morgan fingerprint density at radius 3 is 2.77 bits per heavy atom. The van der Waals surface area contributed by atoms with E-state index >= 15 is 0 Å². The summed E-state index contributed by atoms with van der Waals surface area (Å²) >= 11 is 1.82. The highest BCUT2D eigenvalue weighted by Crippen LogP contribution is 2.38. The number of nitrogens with zero attached hydrogens (tertiary/aromatic N) is 2. The number of fused-ring (bicyclic) bond motifs is 3. The molecule has 0 aliphatic heterocycles. The number of amides is 1. The van der Waals surface area contributed by atoms with E-state index in [1.54, 1.807) is 6.07 Å². The van der Waals surface area contributed by atoms with Crippen molar-refractivity contribution in [1.82, 2.24) is 9.55 Å². The van der Waals surface area contributed by atoms with Gasteiger partial charge in [-0.2, -0.15) is 0 Å². The Labute approximate surface area is 177 Å². The molecule has 1 aliphatic carbocycles. The quantitative estimate of drug-likeness (QED) is 0.502. The molecule has 1 saturated carbocycles. The first-order valence-corrected chi connectivity index (χ1v) is 11.0. The van der Waals surface area contributed by atoms with Crippen LogP contribution in [0.1, 0.15) is 25.7 Å². The van der Waals surface area contributed by atoms with Crippen LogP contribution in [0, 0.1) is 0 Å². The third kappa shape index (κ3) is 3.61. The highest BCUT2D eigenvalue weighted by Gasteiger charge is 2.19. The van der Waals surface area contributed by atoms with Crippen molar-refractivity contribution in [2.45, 2.75) is 42.4 Å². The fourth-order valence-electron chi connectivity index (χ4n) is 3.93. The molecule has 0 unspecified atom stereocenters. The van der Waals surface area contributed by atoms with Gasteiger partial charge in [-0.3, -0.25) is 14.2 Å². The van der Waals surface area contributed by atoms with Crippen LogP contribution in [0.3, 0.4) is 0 Å². The Hall–Kier alpha value is -3.06. The van der Waals surface area contributed by atoms with Crippen LogP contribution >= 0.6 is 11.8 Å². The summed E-state index contributed by atoms with van der Waals surface area (Å²) in [7, 11) is 0. The summed E-state index contributed by atoms with van der Waals surface area (Å²) in [5, 5.41) is 4.35. The van der Waals surface area contributed by atoms with Crippen LogP contribution in [-0.4, -0.2) is 20.7 Å². The van der Waals surface area contributed by atoms with Crippen LogP contribution in [0.4, 0.5) is 5.69 Å². The molecule has 0 saturated heterocycles. The van der Waals surface area contributed by atoms with Gasteiger partial charge in [-0.25, -0.2) is 4.98 Å². The molecule has 1 amide bonds. The third-order valence-corrected chi connectivity index (χ3v) is 6.84. The molecule has 30 heavy (non-hydrogen) atoms. The molecule has 0 spiro atoms. The van der Waals surface area contributed by atoms with Crippen molar-refractivity contribution in [3.8, 4) is 0 Å². The Morgan fingerprint density at radius 2 is 1.90 bits per heavy atom. The molecule has 2 aromatic heterocycles. The summed E-state index contributed by atoms with van der Waals surface area (Å²) in [6, 6.07) is 15.2.